The Balaban J connectivity index is 1.99. The van der Waals surface area contributed by atoms with Gasteiger partial charge in [-0.2, -0.15) is 0 Å². The molecule has 2 heterocycles. The highest BCUT2D eigenvalue weighted by molar-refractivity contribution is 6.38. The van der Waals surface area contributed by atoms with E-state index in [1.165, 1.54) is 4.57 Å². The second-order valence-corrected chi connectivity index (χ2v) is 8.67. The van der Waals surface area contributed by atoms with Crippen LogP contribution < -0.4 is 16.1 Å². The SMILES string of the molecule is CC1(C)CN(c2c(F)cc3c(=O)c(C(=O)O)cn([C@@H]4C[C@@H]4F)c3c2Cl)CC1N. The molecule has 2 fully saturated rings. The fourth-order valence-electron chi connectivity index (χ4n) is 3.90. The van der Waals surface area contributed by atoms with Gasteiger partial charge in [-0.3, -0.25) is 4.79 Å². The number of benzene rings is 1. The van der Waals surface area contributed by atoms with Gasteiger partial charge in [-0.25, -0.2) is 13.6 Å². The van der Waals surface area contributed by atoms with Gasteiger partial charge in [0.15, 0.2) is 0 Å². The number of carbonyl (C=O) groups is 1. The van der Waals surface area contributed by atoms with Crippen molar-refractivity contribution in [3.05, 3.63) is 38.9 Å². The normalized spacial score (nSPS) is 26.1. The number of nitrogens with two attached hydrogens (primary N) is 1. The summed E-state index contributed by atoms with van der Waals surface area (Å²) in [7, 11) is 0. The Hall–Kier alpha value is -2.19. The molecule has 9 heteroatoms. The second kappa shape index (κ2) is 6.15. The lowest BCUT2D eigenvalue weighted by atomic mass is 9.89. The van der Waals surface area contributed by atoms with E-state index in [2.05, 4.69) is 0 Å². The van der Waals surface area contributed by atoms with Crippen LogP contribution >= 0.6 is 11.6 Å². The highest BCUT2D eigenvalue weighted by Crippen LogP contribution is 2.45. The zero-order chi connectivity index (χ0) is 20.5. The van der Waals surface area contributed by atoms with Crippen LogP contribution in [0.4, 0.5) is 14.5 Å². The predicted molar refractivity (Wildman–Crippen MR) is 103 cm³/mol. The van der Waals surface area contributed by atoms with Gasteiger partial charge >= 0.3 is 5.97 Å². The summed E-state index contributed by atoms with van der Waals surface area (Å²) in [5.41, 5.74) is 4.75. The van der Waals surface area contributed by atoms with Crippen LogP contribution in [0.5, 0.6) is 0 Å². The minimum atomic E-state index is -1.45. The number of hydrogen-bond acceptors (Lipinski definition) is 4. The number of aromatic carboxylic acids is 1. The van der Waals surface area contributed by atoms with Crippen LogP contribution in [0.1, 0.15) is 36.7 Å². The van der Waals surface area contributed by atoms with Crippen molar-refractivity contribution in [2.75, 3.05) is 18.0 Å². The molecule has 1 aliphatic carbocycles. The van der Waals surface area contributed by atoms with Gasteiger partial charge in [-0.05, 0) is 11.5 Å². The Kier molecular flexibility index (Phi) is 4.21. The molecule has 1 aromatic carbocycles. The summed E-state index contributed by atoms with van der Waals surface area (Å²) in [6, 6.07) is 0.164. The van der Waals surface area contributed by atoms with Crippen molar-refractivity contribution >= 4 is 34.2 Å². The van der Waals surface area contributed by atoms with Crippen LogP contribution in [0.25, 0.3) is 10.9 Å². The van der Waals surface area contributed by atoms with Gasteiger partial charge in [-0.1, -0.05) is 25.4 Å². The van der Waals surface area contributed by atoms with Gasteiger partial charge in [-0.15, -0.1) is 0 Å². The number of aromatic nitrogens is 1. The van der Waals surface area contributed by atoms with Crippen molar-refractivity contribution in [2.24, 2.45) is 11.1 Å². The monoisotopic (exact) mass is 411 g/mol. The van der Waals surface area contributed by atoms with E-state index in [-0.39, 0.29) is 39.5 Å². The lowest BCUT2D eigenvalue weighted by Gasteiger charge is -2.25. The minimum absolute atomic E-state index is 0.0342. The third kappa shape index (κ3) is 2.78. The van der Waals surface area contributed by atoms with Crippen LogP contribution in [0.15, 0.2) is 17.1 Å². The molecule has 1 aliphatic heterocycles. The summed E-state index contributed by atoms with van der Waals surface area (Å²) >= 11 is 6.54. The highest BCUT2D eigenvalue weighted by Gasteiger charge is 2.42. The fraction of sp³-hybridized carbons (Fsp3) is 0.474. The van der Waals surface area contributed by atoms with Crippen molar-refractivity contribution in [2.45, 2.75) is 38.5 Å². The highest BCUT2D eigenvalue weighted by atomic mass is 35.5. The molecule has 1 unspecified atom stereocenters. The number of anilines is 1. The molecule has 0 amide bonds. The zero-order valence-electron chi connectivity index (χ0n) is 15.4. The molecular formula is C19H20ClF2N3O3. The predicted octanol–water partition coefficient (Wildman–Crippen LogP) is 2.95. The molecule has 0 bridgehead atoms. The number of pyridine rings is 1. The number of fused-ring (bicyclic) bond motifs is 1. The summed E-state index contributed by atoms with van der Waals surface area (Å²) in [5, 5.41) is 9.11. The molecule has 0 spiro atoms. The minimum Gasteiger partial charge on any atom is -0.477 e. The van der Waals surface area contributed by atoms with E-state index in [4.69, 9.17) is 17.3 Å². The van der Waals surface area contributed by atoms with E-state index in [0.717, 1.165) is 12.3 Å². The number of alkyl halides is 1. The molecule has 150 valence electrons. The number of rotatable bonds is 3. The maximum atomic E-state index is 15.0. The Labute approximate surface area is 164 Å². The summed E-state index contributed by atoms with van der Waals surface area (Å²) in [4.78, 5) is 25.8. The first-order chi connectivity index (χ1) is 13.0. The number of halogens is 3. The maximum absolute atomic E-state index is 15.0. The Morgan fingerprint density at radius 3 is 2.57 bits per heavy atom. The first-order valence-corrected chi connectivity index (χ1v) is 9.35. The Bertz CT molecular complexity index is 1070. The van der Waals surface area contributed by atoms with E-state index in [9.17, 15) is 19.1 Å². The van der Waals surface area contributed by atoms with Gasteiger partial charge in [0, 0.05) is 31.7 Å². The molecular weight excluding hydrogens is 392 g/mol. The van der Waals surface area contributed by atoms with Crippen LogP contribution in [0.3, 0.4) is 0 Å². The molecule has 4 rings (SSSR count). The quantitative estimate of drug-likeness (QED) is 0.810. The van der Waals surface area contributed by atoms with Crippen molar-refractivity contribution in [1.82, 2.24) is 4.57 Å². The van der Waals surface area contributed by atoms with Crippen LogP contribution in [0, 0.1) is 11.2 Å². The standard InChI is InChI=1S/C19H20ClF2N3O3/c1-19(2)7-24(6-13(19)23)16-11(22)3-8-15(14(16)20)25(12-4-10(12)21)5-9(17(8)26)18(27)28/h3,5,10,12-13H,4,6-7,23H2,1-2H3,(H,27,28)/t10-,12+,13?/m0/s1. The molecule has 6 nitrogen and oxygen atoms in total. The average Bonchev–Trinajstić information content (AvgIpc) is 3.24. The second-order valence-electron chi connectivity index (χ2n) is 8.30. The number of carboxylic acids is 1. The lowest BCUT2D eigenvalue weighted by Crippen LogP contribution is -2.35. The van der Waals surface area contributed by atoms with Gasteiger partial charge < -0.3 is 20.3 Å². The van der Waals surface area contributed by atoms with Crippen molar-refractivity contribution in [3.63, 3.8) is 0 Å². The number of hydrogen-bond donors (Lipinski definition) is 2. The van der Waals surface area contributed by atoms with E-state index in [1.807, 2.05) is 13.8 Å². The zero-order valence-corrected chi connectivity index (χ0v) is 16.1. The molecule has 1 aromatic heterocycles. The van der Waals surface area contributed by atoms with Crippen LogP contribution in [-0.4, -0.2) is 40.9 Å². The van der Waals surface area contributed by atoms with E-state index < -0.39 is 35.0 Å². The summed E-state index contributed by atoms with van der Waals surface area (Å²) in [5.74, 6) is -2.19. The number of nitrogens with zero attached hydrogens (tertiary/aromatic N) is 2. The largest absolute Gasteiger partial charge is 0.477 e. The maximum Gasteiger partial charge on any atom is 0.341 e. The summed E-state index contributed by atoms with van der Waals surface area (Å²) in [6.07, 6.45) is 0.114. The molecule has 3 atom stereocenters. The molecule has 28 heavy (non-hydrogen) atoms. The lowest BCUT2D eigenvalue weighted by molar-refractivity contribution is 0.0694. The molecule has 1 saturated heterocycles. The first kappa shape index (κ1) is 19.1. The molecule has 1 saturated carbocycles. The van der Waals surface area contributed by atoms with Crippen molar-refractivity contribution < 1.29 is 18.7 Å². The molecule has 2 aromatic rings. The summed E-state index contributed by atoms with van der Waals surface area (Å²) in [6.45, 7) is 4.78. The number of carboxylic acid groups (broad SMARTS) is 1. The van der Waals surface area contributed by atoms with Gasteiger partial charge in [0.05, 0.1) is 27.7 Å². The average molecular weight is 412 g/mol. The Morgan fingerprint density at radius 1 is 1.43 bits per heavy atom. The van der Waals surface area contributed by atoms with E-state index >= 15 is 4.39 Å². The van der Waals surface area contributed by atoms with Crippen LogP contribution in [-0.2, 0) is 0 Å². The Morgan fingerprint density at radius 2 is 2.07 bits per heavy atom. The molecule has 2 aliphatic rings. The molecule has 0 radical (unpaired) electrons. The van der Waals surface area contributed by atoms with E-state index in [0.29, 0.717) is 13.1 Å². The summed E-state index contributed by atoms with van der Waals surface area (Å²) < 4.78 is 30.2. The topological polar surface area (TPSA) is 88.6 Å². The third-order valence-electron chi connectivity index (χ3n) is 5.79. The third-order valence-corrected chi connectivity index (χ3v) is 6.15. The fourth-order valence-corrected chi connectivity index (χ4v) is 4.31. The van der Waals surface area contributed by atoms with Crippen molar-refractivity contribution in [1.29, 1.82) is 0 Å². The van der Waals surface area contributed by atoms with Gasteiger partial charge in [0.1, 0.15) is 17.6 Å². The van der Waals surface area contributed by atoms with Gasteiger partial charge in [0.25, 0.3) is 0 Å². The van der Waals surface area contributed by atoms with Crippen LogP contribution in [0.2, 0.25) is 5.02 Å². The van der Waals surface area contributed by atoms with Crippen molar-refractivity contribution in [3.8, 4) is 0 Å². The molecule has 3 N–H and O–H groups in total. The smallest absolute Gasteiger partial charge is 0.341 e. The van der Waals surface area contributed by atoms with E-state index in [1.54, 1.807) is 4.90 Å². The van der Waals surface area contributed by atoms with Gasteiger partial charge in [0.2, 0.25) is 5.43 Å². The first-order valence-electron chi connectivity index (χ1n) is 8.97.